The molecule has 0 unspecified atom stereocenters. The van der Waals surface area contributed by atoms with Crippen LogP contribution < -0.4 is 4.74 Å². The number of nitrogens with zero attached hydrogens (tertiary/aromatic N) is 3. The Morgan fingerprint density at radius 2 is 2.17 bits per heavy atom. The van der Waals surface area contributed by atoms with Gasteiger partial charge in [-0.15, -0.1) is 0 Å². The van der Waals surface area contributed by atoms with Crippen LogP contribution in [0.1, 0.15) is 5.56 Å². The molecule has 0 bridgehead atoms. The van der Waals surface area contributed by atoms with E-state index in [2.05, 4.69) is 15.3 Å². The summed E-state index contributed by atoms with van der Waals surface area (Å²) in [4.78, 5) is 0. The number of aromatic amines is 1. The number of H-pyrrole nitrogens is 1. The van der Waals surface area contributed by atoms with Crippen molar-refractivity contribution < 1.29 is 14.2 Å². The number of ether oxygens (including phenoxy) is 1. The molecular weight excluding hydrogens is 331 g/mol. The largest absolute Gasteiger partial charge is 0.504 e. The van der Waals surface area contributed by atoms with Crippen molar-refractivity contribution in [2.75, 3.05) is 7.11 Å². The maximum absolute atomic E-state index is 13.4. The molecule has 0 atom stereocenters. The smallest absolute Gasteiger partial charge is 0.216 e. The second kappa shape index (κ2) is 6.63. The topological polar surface area (TPSA) is 75.4 Å². The lowest BCUT2D eigenvalue weighted by Gasteiger charge is -2.04. The minimum absolute atomic E-state index is 0.0371. The Kier molecular flexibility index (Phi) is 4.39. The first-order valence-corrected chi connectivity index (χ1v) is 7.34. The third-order valence-corrected chi connectivity index (χ3v) is 3.52. The molecule has 24 heavy (non-hydrogen) atoms. The normalized spacial score (nSPS) is 11.1. The highest BCUT2D eigenvalue weighted by Crippen LogP contribution is 2.25. The zero-order valence-corrected chi connectivity index (χ0v) is 13.4. The standard InChI is InChI=1S/C16H13FN4O2S/c1-23-14-7-10(5-6-13(14)22)9-18-21-15(19-20-16(21)24)11-3-2-4-12(17)8-11/h2-9,22H,1H3,(H,20,24)/b18-9+. The van der Waals surface area contributed by atoms with Gasteiger partial charge in [-0.05, 0) is 48.1 Å². The van der Waals surface area contributed by atoms with E-state index in [-0.39, 0.29) is 16.3 Å². The molecule has 0 radical (unpaired) electrons. The number of aromatic nitrogens is 3. The first-order chi connectivity index (χ1) is 11.6. The number of aromatic hydroxyl groups is 1. The second-order valence-electron chi connectivity index (χ2n) is 4.85. The zero-order valence-electron chi connectivity index (χ0n) is 12.6. The van der Waals surface area contributed by atoms with Crippen LogP contribution in [-0.4, -0.2) is 33.3 Å². The molecule has 0 aliphatic rings. The lowest BCUT2D eigenvalue weighted by Crippen LogP contribution is -1.95. The summed E-state index contributed by atoms with van der Waals surface area (Å²) in [5.41, 5.74) is 1.24. The molecule has 0 aliphatic carbocycles. The lowest BCUT2D eigenvalue weighted by molar-refractivity contribution is 0.373. The maximum atomic E-state index is 13.4. The highest BCUT2D eigenvalue weighted by Gasteiger charge is 2.09. The number of methoxy groups -OCH3 is 1. The van der Waals surface area contributed by atoms with Crippen molar-refractivity contribution in [2.45, 2.75) is 0 Å². The fourth-order valence-corrected chi connectivity index (χ4v) is 2.29. The van der Waals surface area contributed by atoms with Gasteiger partial charge in [-0.1, -0.05) is 12.1 Å². The number of hydrogen-bond donors (Lipinski definition) is 2. The Labute approximate surface area is 141 Å². The SMILES string of the molecule is COc1cc(/C=N/n2c(-c3cccc(F)c3)n[nH]c2=S)ccc1O. The van der Waals surface area contributed by atoms with E-state index in [0.717, 1.165) is 0 Å². The molecule has 3 rings (SSSR count). The molecule has 0 amide bonds. The molecule has 2 aromatic carbocycles. The van der Waals surface area contributed by atoms with Gasteiger partial charge in [0.05, 0.1) is 13.3 Å². The summed E-state index contributed by atoms with van der Waals surface area (Å²) in [6, 6.07) is 10.8. The van der Waals surface area contributed by atoms with Gasteiger partial charge in [0.15, 0.2) is 17.3 Å². The van der Waals surface area contributed by atoms with E-state index in [4.69, 9.17) is 17.0 Å². The lowest BCUT2D eigenvalue weighted by atomic mass is 10.2. The van der Waals surface area contributed by atoms with Crippen molar-refractivity contribution in [1.29, 1.82) is 0 Å². The summed E-state index contributed by atoms with van der Waals surface area (Å²) in [5.74, 6) is 0.386. The molecule has 3 aromatic rings. The van der Waals surface area contributed by atoms with Crippen LogP contribution in [0.5, 0.6) is 11.5 Å². The molecule has 0 fully saturated rings. The Hall–Kier alpha value is -3.00. The third kappa shape index (κ3) is 3.18. The van der Waals surface area contributed by atoms with Crippen molar-refractivity contribution >= 4 is 18.4 Å². The van der Waals surface area contributed by atoms with Crippen LogP contribution in [0.2, 0.25) is 0 Å². The minimum Gasteiger partial charge on any atom is -0.504 e. The predicted octanol–water partition coefficient (Wildman–Crippen LogP) is 3.34. The summed E-state index contributed by atoms with van der Waals surface area (Å²) in [7, 11) is 1.46. The van der Waals surface area contributed by atoms with E-state index >= 15 is 0 Å². The second-order valence-corrected chi connectivity index (χ2v) is 5.24. The van der Waals surface area contributed by atoms with E-state index in [1.54, 1.807) is 24.3 Å². The van der Waals surface area contributed by atoms with Crippen LogP contribution in [-0.2, 0) is 0 Å². The van der Waals surface area contributed by atoms with Crippen molar-refractivity contribution in [1.82, 2.24) is 14.9 Å². The summed E-state index contributed by atoms with van der Waals surface area (Å²) in [6.45, 7) is 0. The van der Waals surface area contributed by atoms with E-state index < -0.39 is 0 Å². The van der Waals surface area contributed by atoms with Crippen LogP contribution in [0.3, 0.4) is 0 Å². The van der Waals surface area contributed by atoms with Crippen LogP contribution in [0.4, 0.5) is 4.39 Å². The van der Waals surface area contributed by atoms with Gasteiger partial charge >= 0.3 is 0 Å². The molecule has 0 saturated heterocycles. The molecule has 2 N–H and O–H groups in total. The van der Waals surface area contributed by atoms with Gasteiger partial charge in [-0.2, -0.15) is 14.9 Å². The zero-order chi connectivity index (χ0) is 17.1. The van der Waals surface area contributed by atoms with Crippen molar-refractivity contribution in [3.63, 3.8) is 0 Å². The first-order valence-electron chi connectivity index (χ1n) is 6.93. The highest BCUT2D eigenvalue weighted by atomic mass is 32.1. The molecule has 8 heteroatoms. The number of benzene rings is 2. The molecule has 1 heterocycles. The van der Waals surface area contributed by atoms with Crippen molar-refractivity contribution in [3.05, 3.63) is 58.6 Å². The van der Waals surface area contributed by atoms with Crippen molar-refractivity contribution in [2.24, 2.45) is 5.10 Å². The average molecular weight is 344 g/mol. The number of phenolic OH excluding ortho intramolecular Hbond substituents is 1. The number of halogens is 1. The molecular formula is C16H13FN4O2S. The van der Waals surface area contributed by atoms with E-state index in [9.17, 15) is 9.50 Å². The summed E-state index contributed by atoms with van der Waals surface area (Å²) in [5, 5.41) is 20.6. The Morgan fingerprint density at radius 3 is 2.92 bits per heavy atom. The molecule has 6 nitrogen and oxygen atoms in total. The monoisotopic (exact) mass is 344 g/mol. The number of nitrogens with one attached hydrogen (secondary N) is 1. The predicted molar refractivity (Wildman–Crippen MR) is 90.5 cm³/mol. The molecule has 0 aliphatic heterocycles. The van der Waals surface area contributed by atoms with Gasteiger partial charge in [0.1, 0.15) is 5.82 Å². The van der Waals surface area contributed by atoms with Crippen molar-refractivity contribution in [3.8, 4) is 22.9 Å². The maximum Gasteiger partial charge on any atom is 0.216 e. The summed E-state index contributed by atoms with van der Waals surface area (Å²) in [6.07, 6.45) is 1.54. The quantitative estimate of drug-likeness (QED) is 0.562. The fourth-order valence-electron chi connectivity index (χ4n) is 2.11. The number of rotatable bonds is 4. The van der Waals surface area contributed by atoms with E-state index in [1.165, 1.54) is 36.2 Å². The van der Waals surface area contributed by atoms with Gasteiger partial charge in [-0.25, -0.2) is 9.49 Å². The van der Waals surface area contributed by atoms with Crippen LogP contribution in [0.15, 0.2) is 47.6 Å². The molecule has 0 spiro atoms. The van der Waals surface area contributed by atoms with Gasteiger partial charge in [-0.3, -0.25) is 0 Å². The number of phenols is 1. The molecule has 122 valence electrons. The van der Waals surface area contributed by atoms with E-state index in [0.29, 0.717) is 22.7 Å². The molecule has 0 saturated carbocycles. The first kappa shape index (κ1) is 15.9. The van der Waals surface area contributed by atoms with Gasteiger partial charge < -0.3 is 9.84 Å². The average Bonchev–Trinajstić information content (AvgIpc) is 2.95. The molecule has 1 aromatic heterocycles. The minimum atomic E-state index is -0.375. The van der Waals surface area contributed by atoms with Gasteiger partial charge in [0.2, 0.25) is 4.77 Å². The van der Waals surface area contributed by atoms with Gasteiger partial charge in [0, 0.05) is 5.56 Å². The van der Waals surface area contributed by atoms with E-state index in [1.807, 2.05) is 0 Å². The Morgan fingerprint density at radius 1 is 1.33 bits per heavy atom. The Balaban J connectivity index is 1.99. The van der Waals surface area contributed by atoms with Crippen LogP contribution >= 0.6 is 12.2 Å². The van der Waals surface area contributed by atoms with Crippen LogP contribution in [0, 0.1) is 10.6 Å². The highest BCUT2D eigenvalue weighted by molar-refractivity contribution is 7.71. The third-order valence-electron chi connectivity index (χ3n) is 3.26. The summed E-state index contributed by atoms with van der Waals surface area (Å²) < 4.78 is 20.1. The summed E-state index contributed by atoms with van der Waals surface area (Å²) >= 11 is 5.16. The van der Waals surface area contributed by atoms with Gasteiger partial charge in [0.25, 0.3) is 0 Å². The Bertz CT molecular complexity index is 965. The van der Waals surface area contributed by atoms with Crippen LogP contribution in [0.25, 0.3) is 11.4 Å². The number of hydrogen-bond acceptors (Lipinski definition) is 5. The fraction of sp³-hybridized carbons (Fsp3) is 0.0625.